The molecule has 0 bridgehead atoms. The van der Waals surface area contributed by atoms with Crippen LogP contribution in [0.5, 0.6) is 0 Å². The van der Waals surface area contributed by atoms with Crippen molar-refractivity contribution in [2.75, 3.05) is 0 Å². The first-order valence-electron chi connectivity index (χ1n) is 8.65. The molecule has 0 aliphatic carbocycles. The number of carbonyl (C=O) groups excluding carboxylic acids is 2. The summed E-state index contributed by atoms with van der Waals surface area (Å²) < 4.78 is 38.4. The maximum absolute atomic E-state index is 12.8. The normalized spacial score (nSPS) is 12.5. The summed E-state index contributed by atoms with van der Waals surface area (Å²) in [7, 11) is 0. The predicted molar refractivity (Wildman–Crippen MR) is 97.5 cm³/mol. The van der Waals surface area contributed by atoms with Crippen LogP contribution in [-0.4, -0.2) is 11.7 Å². The molecule has 0 saturated heterocycles. The number of nitrogens with one attached hydrogen (secondary N) is 1. The number of halogens is 3. The van der Waals surface area contributed by atoms with E-state index in [4.69, 9.17) is 0 Å². The van der Waals surface area contributed by atoms with Crippen molar-refractivity contribution in [2.45, 2.75) is 45.8 Å². The van der Waals surface area contributed by atoms with Crippen molar-refractivity contribution in [3.05, 3.63) is 70.3 Å². The quantitative estimate of drug-likeness (QED) is 0.707. The Kier molecular flexibility index (Phi) is 6.41. The van der Waals surface area contributed by atoms with Gasteiger partial charge in [0.05, 0.1) is 11.6 Å². The van der Waals surface area contributed by atoms with Crippen molar-refractivity contribution in [1.29, 1.82) is 0 Å². The summed E-state index contributed by atoms with van der Waals surface area (Å²) in [4.78, 5) is 24.3. The van der Waals surface area contributed by atoms with Gasteiger partial charge in [0, 0.05) is 18.4 Å². The van der Waals surface area contributed by atoms with Crippen LogP contribution >= 0.6 is 0 Å². The highest BCUT2D eigenvalue weighted by atomic mass is 19.4. The zero-order valence-electron chi connectivity index (χ0n) is 15.5. The minimum atomic E-state index is -4.43. The molecule has 27 heavy (non-hydrogen) atoms. The van der Waals surface area contributed by atoms with E-state index >= 15 is 0 Å². The van der Waals surface area contributed by atoms with Gasteiger partial charge in [0.2, 0.25) is 5.91 Å². The third kappa shape index (κ3) is 5.67. The van der Waals surface area contributed by atoms with Gasteiger partial charge in [-0.2, -0.15) is 13.2 Å². The zero-order chi connectivity index (χ0) is 20.2. The number of alkyl halides is 3. The highest BCUT2D eigenvalue weighted by Gasteiger charge is 2.30. The van der Waals surface area contributed by atoms with Crippen molar-refractivity contribution in [1.82, 2.24) is 5.32 Å². The standard InChI is InChI=1S/C21H22F3NO2/c1-13-7-8-17(11-14(13)2)19(26)9-10-20(27)25-15(3)16-5-4-6-18(12-16)21(22,23)24/h4-8,11-12,15H,9-10H2,1-3H3,(H,25,27). The number of benzene rings is 2. The Labute approximate surface area is 156 Å². The molecule has 0 heterocycles. The fourth-order valence-electron chi connectivity index (χ4n) is 2.67. The van der Waals surface area contributed by atoms with Gasteiger partial charge in [-0.05, 0) is 55.7 Å². The minimum absolute atomic E-state index is 0.0188. The van der Waals surface area contributed by atoms with Crippen LogP contribution < -0.4 is 5.32 Å². The molecule has 0 aliphatic heterocycles. The second kappa shape index (κ2) is 8.37. The number of hydrogen-bond donors (Lipinski definition) is 1. The van der Waals surface area contributed by atoms with Gasteiger partial charge in [-0.25, -0.2) is 0 Å². The molecule has 144 valence electrons. The van der Waals surface area contributed by atoms with Gasteiger partial charge in [0.15, 0.2) is 5.78 Å². The maximum Gasteiger partial charge on any atom is 0.416 e. The molecule has 1 amide bonds. The number of hydrogen-bond acceptors (Lipinski definition) is 2. The van der Waals surface area contributed by atoms with Crippen molar-refractivity contribution in [3.63, 3.8) is 0 Å². The van der Waals surface area contributed by atoms with E-state index in [0.29, 0.717) is 11.1 Å². The molecule has 2 aromatic carbocycles. The highest BCUT2D eigenvalue weighted by molar-refractivity contribution is 5.98. The Bertz CT molecular complexity index is 844. The first kappa shape index (κ1) is 20.7. The average Bonchev–Trinajstić information content (AvgIpc) is 2.61. The predicted octanol–water partition coefficient (Wildman–Crippen LogP) is 5.16. The van der Waals surface area contributed by atoms with Gasteiger partial charge in [-0.15, -0.1) is 0 Å². The van der Waals surface area contributed by atoms with Crippen LogP contribution in [0, 0.1) is 13.8 Å². The van der Waals surface area contributed by atoms with Gasteiger partial charge in [-0.1, -0.05) is 24.3 Å². The molecule has 2 aromatic rings. The Morgan fingerprint density at radius 2 is 1.70 bits per heavy atom. The molecule has 1 unspecified atom stereocenters. The lowest BCUT2D eigenvalue weighted by molar-refractivity contribution is -0.137. The summed E-state index contributed by atoms with van der Waals surface area (Å²) in [5.74, 6) is -0.517. The zero-order valence-corrected chi connectivity index (χ0v) is 15.5. The van der Waals surface area contributed by atoms with Crippen molar-refractivity contribution < 1.29 is 22.8 Å². The van der Waals surface area contributed by atoms with E-state index in [-0.39, 0.29) is 24.5 Å². The van der Waals surface area contributed by atoms with E-state index in [1.807, 2.05) is 19.9 Å². The lowest BCUT2D eigenvalue weighted by Gasteiger charge is -2.16. The van der Waals surface area contributed by atoms with Crippen LogP contribution in [0.3, 0.4) is 0 Å². The summed E-state index contributed by atoms with van der Waals surface area (Å²) in [6, 6.07) is 9.64. The number of Topliss-reactive ketones (excluding diaryl/α,β-unsaturated/α-hetero) is 1. The van der Waals surface area contributed by atoms with Crippen molar-refractivity contribution >= 4 is 11.7 Å². The van der Waals surface area contributed by atoms with Gasteiger partial charge in [-0.3, -0.25) is 9.59 Å². The fraction of sp³-hybridized carbons (Fsp3) is 0.333. The van der Waals surface area contributed by atoms with Gasteiger partial charge in [0.25, 0.3) is 0 Å². The molecule has 0 saturated carbocycles. The van der Waals surface area contributed by atoms with Crippen molar-refractivity contribution in [3.8, 4) is 0 Å². The molecule has 0 spiro atoms. The summed E-state index contributed by atoms with van der Waals surface area (Å²) in [5, 5.41) is 2.64. The maximum atomic E-state index is 12.8. The summed E-state index contributed by atoms with van der Waals surface area (Å²) >= 11 is 0. The fourth-order valence-corrected chi connectivity index (χ4v) is 2.67. The third-order valence-electron chi connectivity index (χ3n) is 4.50. The smallest absolute Gasteiger partial charge is 0.350 e. The van der Waals surface area contributed by atoms with Crippen LogP contribution in [0.15, 0.2) is 42.5 Å². The molecule has 0 aliphatic rings. The van der Waals surface area contributed by atoms with E-state index in [9.17, 15) is 22.8 Å². The van der Waals surface area contributed by atoms with Crippen LogP contribution in [0.4, 0.5) is 13.2 Å². The van der Waals surface area contributed by atoms with Gasteiger partial charge >= 0.3 is 6.18 Å². The number of aryl methyl sites for hydroxylation is 2. The van der Waals surface area contributed by atoms with E-state index in [0.717, 1.165) is 23.3 Å². The number of amides is 1. The van der Waals surface area contributed by atoms with Crippen LogP contribution in [-0.2, 0) is 11.0 Å². The Morgan fingerprint density at radius 1 is 1.00 bits per heavy atom. The molecule has 2 rings (SSSR count). The Hall–Kier alpha value is -2.63. The van der Waals surface area contributed by atoms with Crippen LogP contribution in [0.2, 0.25) is 0 Å². The van der Waals surface area contributed by atoms with Gasteiger partial charge in [0.1, 0.15) is 0 Å². The second-order valence-electron chi connectivity index (χ2n) is 6.63. The lowest BCUT2D eigenvalue weighted by atomic mass is 10.0. The molecule has 0 aromatic heterocycles. The summed E-state index contributed by atoms with van der Waals surface area (Å²) in [6.07, 6.45) is -4.41. The molecule has 0 fully saturated rings. The van der Waals surface area contributed by atoms with Crippen molar-refractivity contribution in [2.24, 2.45) is 0 Å². The largest absolute Gasteiger partial charge is 0.416 e. The second-order valence-corrected chi connectivity index (χ2v) is 6.63. The van der Waals surface area contributed by atoms with E-state index in [1.165, 1.54) is 12.1 Å². The highest BCUT2D eigenvalue weighted by Crippen LogP contribution is 2.30. The minimum Gasteiger partial charge on any atom is -0.350 e. The first-order valence-corrected chi connectivity index (χ1v) is 8.65. The number of rotatable bonds is 6. The first-order chi connectivity index (χ1) is 12.6. The van der Waals surface area contributed by atoms with E-state index < -0.39 is 17.8 Å². The Balaban J connectivity index is 1.93. The SMILES string of the molecule is Cc1ccc(C(=O)CCC(=O)NC(C)c2cccc(C(F)(F)F)c2)cc1C. The number of carbonyl (C=O) groups is 2. The van der Waals surface area contributed by atoms with Crippen LogP contribution in [0.1, 0.15) is 58.4 Å². The molecular formula is C21H22F3NO2. The molecule has 1 N–H and O–H groups in total. The molecule has 0 radical (unpaired) electrons. The molecule has 1 atom stereocenters. The van der Waals surface area contributed by atoms with E-state index in [1.54, 1.807) is 19.1 Å². The third-order valence-corrected chi connectivity index (χ3v) is 4.50. The molecule has 3 nitrogen and oxygen atoms in total. The molecular weight excluding hydrogens is 355 g/mol. The lowest BCUT2D eigenvalue weighted by Crippen LogP contribution is -2.27. The summed E-state index contributed by atoms with van der Waals surface area (Å²) in [6.45, 7) is 5.47. The van der Waals surface area contributed by atoms with Gasteiger partial charge < -0.3 is 5.32 Å². The molecule has 6 heteroatoms. The topological polar surface area (TPSA) is 46.2 Å². The van der Waals surface area contributed by atoms with E-state index in [2.05, 4.69) is 5.32 Å². The van der Waals surface area contributed by atoms with Crippen LogP contribution in [0.25, 0.3) is 0 Å². The average molecular weight is 377 g/mol. The summed E-state index contributed by atoms with van der Waals surface area (Å²) in [5.41, 5.74) is 2.24. The monoisotopic (exact) mass is 377 g/mol. The Morgan fingerprint density at radius 3 is 2.33 bits per heavy atom. The number of ketones is 1.